The maximum atomic E-state index is 6.08. The summed E-state index contributed by atoms with van der Waals surface area (Å²) < 4.78 is 0. The average molecular weight is 278 g/mol. The molecule has 2 saturated carbocycles. The van der Waals surface area contributed by atoms with Crippen LogP contribution in [0.2, 0.25) is 5.02 Å². The SMILES string of the molecule is C[C@@H](NC1CCCC(C2CC2)C1)c1cccc(Cl)c1. The summed E-state index contributed by atoms with van der Waals surface area (Å²) in [7, 11) is 0. The Labute approximate surface area is 121 Å². The van der Waals surface area contributed by atoms with Crippen molar-refractivity contribution in [2.45, 2.75) is 57.5 Å². The molecule has 0 spiro atoms. The number of benzene rings is 1. The number of hydrogen-bond donors (Lipinski definition) is 1. The zero-order valence-corrected chi connectivity index (χ0v) is 12.5. The summed E-state index contributed by atoms with van der Waals surface area (Å²) in [5.41, 5.74) is 1.31. The molecule has 0 saturated heterocycles. The van der Waals surface area contributed by atoms with Gasteiger partial charge in [0.15, 0.2) is 0 Å². The molecule has 104 valence electrons. The molecule has 0 amide bonds. The normalized spacial score (nSPS) is 29.2. The highest BCUT2D eigenvalue weighted by molar-refractivity contribution is 6.30. The molecule has 1 N–H and O–H groups in total. The van der Waals surface area contributed by atoms with Crippen molar-refractivity contribution < 1.29 is 0 Å². The predicted molar refractivity (Wildman–Crippen MR) is 81.5 cm³/mol. The van der Waals surface area contributed by atoms with Crippen molar-refractivity contribution in [2.24, 2.45) is 11.8 Å². The Balaban J connectivity index is 1.57. The lowest BCUT2D eigenvalue weighted by Gasteiger charge is -2.32. The maximum absolute atomic E-state index is 6.08. The Hall–Kier alpha value is -0.530. The van der Waals surface area contributed by atoms with Gasteiger partial charge in [-0.1, -0.05) is 36.6 Å². The minimum atomic E-state index is 0.404. The molecule has 3 atom stereocenters. The van der Waals surface area contributed by atoms with Crippen LogP contribution in [0, 0.1) is 11.8 Å². The summed E-state index contributed by atoms with van der Waals surface area (Å²) in [5, 5.41) is 4.65. The van der Waals surface area contributed by atoms with Crippen molar-refractivity contribution in [1.29, 1.82) is 0 Å². The Kier molecular flexibility index (Phi) is 4.14. The van der Waals surface area contributed by atoms with Gasteiger partial charge in [0.25, 0.3) is 0 Å². The van der Waals surface area contributed by atoms with Gasteiger partial charge >= 0.3 is 0 Å². The fourth-order valence-corrected chi connectivity index (χ4v) is 3.80. The molecule has 0 aromatic heterocycles. The summed E-state index contributed by atoms with van der Waals surface area (Å²) >= 11 is 6.08. The number of halogens is 1. The number of nitrogens with one attached hydrogen (secondary N) is 1. The van der Waals surface area contributed by atoms with Gasteiger partial charge in [0.2, 0.25) is 0 Å². The van der Waals surface area contributed by atoms with E-state index in [1.165, 1.54) is 44.1 Å². The summed E-state index contributed by atoms with van der Waals surface area (Å²) in [6.45, 7) is 2.26. The molecule has 1 nitrogen and oxygen atoms in total. The first-order valence-electron chi connectivity index (χ1n) is 7.74. The van der Waals surface area contributed by atoms with Gasteiger partial charge in [-0.3, -0.25) is 0 Å². The van der Waals surface area contributed by atoms with E-state index in [-0.39, 0.29) is 0 Å². The number of rotatable bonds is 4. The molecule has 0 aliphatic heterocycles. The molecule has 0 radical (unpaired) electrons. The smallest absolute Gasteiger partial charge is 0.0409 e. The van der Waals surface area contributed by atoms with Crippen LogP contribution in [0.4, 0.5) is 0 Å². The van der Waals surface area contributed by atoms with Crippen molar-refractivity contribution in [3.8, 4) is 0 Å². The molecule has 3 rings (SSSR count). The van der Waals surface area contributed by atoms with Crippen LogP contribution >= 0.6 is 11.6 Å². The molecular formula is C17H24ClN. The third-order valence-electron chi connectivity index (χ3n) is 4.84. The van der Waals surface area contributed by atoms with Gasteiger partial charge in [0, 0.05) is 17.1 Å². The molecule has 2 heteroatoms. The Morgan fingerprint density at radius 1 is 1.16 bits per heavy atom. The zero-order valence-electron chi connectivity index (χ0n) is 11.7. The summed E-state index contributed by atoms with van der Waals surface area (Å²) in [5.74, 6) is 2.06. The second-order valence-electron chi connectivity index (χ2n) is 6.40. The molecule has 2 unspecified atom stereocenters. The van der Waals surface area contributed by atoms with Crippen LogP contribution in [-0.4, -0.2) is 6.04 Å². The highest BCUT2D eigenvalue weighted by Crippen LogP contribution is 2.44. The van der Waals surface area contributed by atoms with E-state index in [2.05, 4.69) is 24.4 Å². The first-order chi connectivity index (χ1) is 9.22. The van der Waals surface area contributed by atoms with Crippen molar-refractivity contribution in [3.05, 3.63) is 34.9 Å². The van der Waals surface area contributed by atoms with Crippen LogP contribution < -0.4 is 5.32 Å². The van der Waals surface area contributed by atoms with Crippen molar-refractivity contribution in [1.82, 2.24) is 5.32 Å². The van der Waals surface area contributed by atoms with Gasteiger partial charge in [-0.25, -0.2) is 0 Å². The van der Waals surface area contributed by atoms with E-state index < -0.39 is 0 Å². The first kappa shape index (κ1) is 13.5. The zero-order chi connectivity index (χ0) is 13.2. The molecule has 19 heavy (non-hydrogen) atoms. The lowest BCUT2D eigenvalue weighted by molar-refractivity contribution is 0.249. The quantitative estimate of drug-likeness (QED) is 0.820. The van der Waals surface area contributed by atoms with Crippen LogP contribution in [0.25, 0.3) is 0 Å². The van der Waals surface area contributed by atoms with Crippen molar-refractivity contribution in [2.75, 3.05) is 0 Å². The summed E-state index contributed by atoms with van der Waals surface area (Å²) in [6, 6.07) is 9.35. The average Bonchev–Trinajstić information content (AvgIpc) is 3.23. The Bertz CT molecular complexity index is 427. The van der Waals surface area contributed by atoms with Crippen molar-refractivity contribution in [3.63, 3.8) is 0 Å². The van der Waals surface area contributed by atoms with E-state index in [1.807, 2.05) is 12.1 Å². The third kappa shape index (κ3) is 3.52. The molecule has 0 heterocycles. The molecule has 1 aromatic rings. The topological polar surface area (TPSA) is 12.0 Å². The fourth-order valence-electron chi connectivity index (χ4n) is 3.60. The van der Waals surface area contributed by atoms with Crippen LogP contribution in [0.1, 0.15) is 57.1 Å². The summed E-state index contributed by atoms with van der Waals surface area (Å²) in [4.78, 5) is 0. The van der Waals surface area contributed by atoms with E-state index >= 15 is 0 Å². The van der Waals surface area contributed by atoms with E-state index in [1.54, 1.807) is 0 Å². The monoisotopic (exact) mass is 277 g/mol. The fraction of sp³-hybridized carbons (Fsp3) is 0.647. The first-order valence-corrected chi connectivity index (χ1v) is 8.11. The van der Waals surface area contributed by atoms with E-state index in [0.717, 1.165) is 16.9 Å². The highest BCUT2D eigenvalue weighted by atomic mass is 35.5. The van der Waals surface area contributed by atoms with E-state index in [4.69, 9.17) is 11.6 Å². The second kappa shape index (κ2) is 5.85. The molecule has 2 aliphatic carbocycles. The highest BCUT2D eigenvalue weighted by Gasteiger charge is 2.34. The second-order valence-corrected chi connectivity index (χ2v) is 6.84. The molecule has 0 bridgehead atoms. The standard InChI is InChI=1S/C17H24ClN/c1-12(14-4-2-6-16(18)10-14)19-17-7-3-5-15(11-17)13-8-9-13/h2,4,6,10,12-13,15,17,19H,3,5,7-9,11H2,1H3/t12-,15?,17?/m1/s1. The third-order valence-corrected chi connectivity index (χ3v) is 5.07. The Morgan fingerprint density at radius 3 is 2.74 bits per heavy atom. The maximum Gasteiger partial charge on any atom is 0.0409 e. The predicted octanol–water partition coefficient (Wildman–Crippen LogP) is 4.96. The van der Waals surface area contributed by atoms with Gasteiger partial charge < -0.3 is 5.32 Å². The van der Waals surface area contributed by atoms with E-state index in [0.29, 0.717) is 12.1 Å². The minimum absolute atomic E-state index is 0.404. The van der Waals surface area contributed by atoms with Gasteiger partial charge in [0.1, 0.15) is 0 Å². The van der Waals surface area contributed by atoms with Crippen LogP contribution in [0.3, 0.4) is 0 Å². The molecule has 2 fully saturated rings. The largest absolute Gasteiger partial charge is 0.307 e. The van der Waals surface area contributed by atoms with Gasteiger partial charge in [-0.15, -0.1) is 0 Å². The molecule has 2 aliphatic rings. The van der Waals surface area contributed by atoms with Gasteiger partial charge in [-0.2, -0.15) is 0 Å². The minimum Gasteiger partial charge on any atom is -0.307 e. The summed E-state index contributed by atoms with van der Waals surface area (Å²) in [6.07, 6.45) is 8.57. The number of hydrogen-bond acceptors (Lipinski definition) is 1. The Morgan fingerprint density at radius 2 is 2.00 bits per heavy atom. The lowest BCUT2D eigenvalue weighted by Crippen LogP contribution is -2.36. The van der Waals surface area contributed by atoms with Gasteiger partial charge in [0.05, 0.1) is 0 Å². The van der Waals surface area contributed by atoms with Crippen LogP contribution in [0.15, 0.2) is 24.3 Å². The lowest BCUT2D eigenvalue weighted by atomic mass is 9.82. The molecule has 1 aromatic carbocycles. The van der Waals surface area contributed by atoms with Crippen LogP contribution in [-0.2, 0) is 0 Å². The van der Waals surface area contributed by atoms with Crippen LogP contribution in [0.5, 0.6) is 0 Å². The van der Waals surface area contributed by atoms with Crippen molar-refractivity contribution >= 4 is 11.6 Å². The molecular weight excluding hydrogens is 254 g/mol. The van der Waals surface area contributed by atoms with Gasteiger partial charge in [-0.05, 0) is 62.1 Å². The van der Waals surface area contributed by atoms with E-state index in [9.17, 15) is 0 Å².